The fourth-order valence-electron chi connectivity index (χ4n) is 1.17. The van der Waals surface area contributed by atoms with Crippen molar-refractivity contribution in [3.8, 4) is 0 Å². The molecule has 1 unspecified atom stereocenters. The van der Waals surface area contributed by atoms with Gasteiger partial charge in [-0.15, -0.1) is 23.2 Å². The molecule has 1 atom stereocenters. The number of likely N-dealkylation sites (N-methyl/N-ethyl adjacent to an activating group) is 1. The molecule has 0 rings (SSSR count). The third-order valence-corrected chi connectivity index (χ3v) is 2.94. The van der Waals surface area contributed by atoms with Gasteiger partial charge in [-0.25, -0.2) is 0 Å². The minimum absolute atomic E-state index is 0.122. The second-order valence-electron chi connectivity index (χ2n) is 5.09. The zero-order chi connectivity index (χ0) is 14.4. The van der Waals surface area contributed by atoms with Gasteiger partial charge in [0.2, 0.25) is 0 Å². The highest BCUT2D eigenvalue weighted by Crippen LogP contribution is 1.99. The van der Waals surface area contributed by atoms with E-state index in [1.54, 1.807) is 0 Å². The van der Waals surface area contributed by atoms with E-state index in [0.717, 1.165) is 24.4 Å². The molecular weight excluding hydrogens is 269 g/mol. The maximum absolute atomic E-state index is 5.58. The van der Waals surface area contributed by atoms with Gasteiger partial charge in [-0.05, 0) is 19.4 Å². The highest BCUT2D eigenvalue weighted by Gasteiger charge is 2.11. The standard InChI is InChI=1S/C11H24NO.C3H6Cl2/c1-5-7-8-10-13-11-12(3,4)9-6-2;1-3(5)2-4/h6H,2,5,7-11H2,1,3-4H3;3H,2H2,1H3/q+1;. The molecule has 0 saturated carbocycles. The zero-order valence-electron chi connectivity index (χ0n) is 12.4. The van der Waals surface area contributed by atoms with E-state index in [0.29, 0.717) is 5.88 Å². The van der Waals surface area contributed by atoms with Gasteiger partial charge in [0.25, 0.3) is 0 Å². The lowest BCUT2D eigenvalue weighted by molar-refractivity contribution is -0.904. The average Bonchev–Trinajstić information content (AvgIpc) is 2.29. The molecule has 0 heterocycles. The van der Waals surface area contributed by atoms with Crippen LogP contribution in [0.2, 0.25) is 0 Å². The first kappa shape index (κ1) is 20.6. The summed E-state index contributed by atoms with van der Waals surface area (Å²) in [4.78, 5) is 0. The summed E-state index contributed by atoms with van der Waals surface area (Å²) in [6.45, 7) is 10.4. The fourth-order valence-corrected chi connectivity index (χ4v) is 1.17. The summed E-state index contributed by atoms with van der Waals surface area (Å²) in [7, 11) is 4.31. The van der Waals surface area contributed by atoms with Crippen molar-refractivity contribution in [3.05, 3.63) is 12.7 Å². The normalized spacial score (nSPS) is 12.6. The van der Waals surface area contributed by atoms with Gasteiger partial charge in [0.05, 0.1) is 27.2 Å². The fraction of sp³-hybridized carbons (Fsp3) is 0.857. The van der Waals surface area contributed by atoms with Crippen LogP contribution in [0, 0.1) is 0 Å². The first-order valence-electron chi connectivity index (χ1n) is 6.60. The zero-order valence-corrected chi connectivity index (χ0v) is 13.9. The van der Waals surface area contributed by atoms with Crippen molar-refractivity contribution < 1.29 is 9.22 Å². The van der Waals surface area contributed by atoms with Crippen molar-refractivity contribution in [1.29, 1.82) is 0 Å². The van der Waals surface area contributed by atoms with Gasteiger partial charge in [-0.3, -0.25) is 0 Å². The maximum Gasteiger partial charge on any atom is 0.182 e. The Morgan fingerprint density at radius 3 is 2.28 bits per heavy atom. The topological polar surface area (TPSA) is 9.23 Å². The summed E-state index contributed by atoms with van der Waals surface area (Å²) in [6, 6.07) is 0. The minimum Gasteiger partial charge on any atom is -0.332 e. The average molecular weight is 299 g/mol. The van der Waals surface area contributed by atoms with E-state index in [2.05, 4.69) is 27.6 Å². The van der Waals surface area contributed by atoms with Gasteiger partial charge in [0, 0.05) is 11.3 Å². The maximum atomic E-state index is 5.58. The smallest absolute Gasteiger partial charge is 0.182 e. The molecule has 0 radical (unpaired) electrons. The van der Waals surface area contributed by atoms with Gasteiger partial charge in [0.1, 0.15) is 0 Å². The predicted molar refractivity (Wildman–Crippen MR) is 83.6 cm³/mol. The van der Waals surface area contributed by atoms with E-state index in [-0.39, 0.29) is 5.38 Å². The number of ether oxygens (including phenoxy) is 1. The Morgan fingerprint density at radius 2 is 1.89 bits per heavy atom. The van der Waals surface area contributed by atoms with E-state index in [4.69, 9.17) is 27.9 Å². The highest BCUT2D eigenvalue weighted by atomic mass is 35.5. The molecule has 0 aromatic carbocycles. The third kappa shape index (κ3) is 18.6. The number of rotatable bonds is 9. The van der Waals surface area contributed by atoms with Gasteiger partial charge in [-0.1, -0.05) is 26.3 Å². The molecular formula is C14H30Cl2NO+. The van der Waals surface area contributed by atoms with Crippen LogP contribution in [0.25, 0.3) is 0 Å². The SMILES string of the molecule is C=CC[N+](C)(C)COCCCCC.CC(Cl)CCl. The lowest BCUT2D eigenvalue weighted by Gasteiger charge is -2.27. The van der Waals surface area contributed by atoms with E-state index < -0.39 is 0 Å². The van der Waals surface area contributed by atoms with Gasteiger partial charge in [-0.2, -0.15) is 0 Å². The van der Waals surface area contributed by atoms with Crippen LogP contribution >= 0.6 is 23.2 Å². The van der Waals surface area contributed by atoms with Gasteiger partial charge >= 0.3 is 0 Å². The summed E-state index contributed by atoms with van der Waals surface area (Å²) in [6.07, 6.45) is 5.66. The van der Waals surface area contributed by atoms with Crippen molar-refractivity contribution in [2.75, 3.05) is 39.9 Å². The monoisotopic (exact) mass is 298 g/mol. The Hall–Kier alpha value is 0.240. The highest BCUT2D eigenvalue weighted by molar-refractivity contribution is 6.27. The molecule has 4 heteroatoms. The van der Waals surface area contributed by atoms with Crippen molar-refractivity contribution in [2.24, 2.45) is 0 Å². The van der Waals surface area contributed by atoms with E-state index in [1.807, 2.05) is 13.0 Å². The van der Waals surface area contributed by atoms with Crippen molar-refractivity contribution in [2.45, 2.75) is 38.5 Å². The van der Waals surface area contributed by atoms with Crippen LogP contribution in [-0.4, -0.2) is 49.7 Å². The van der Waals surface area contributed by atoms with Crippen LogP contribution in [0.5, 0.6) is 0 Å². The number of unbranched alkanes of at least 4 members (excludes halogenated alkanes) is 2. The van der Waals surface area contributed by atoms with Crippen molar-refractivity contribution >= 4 is 23.2 Å². The third-order valence-electron chi connectivity index (χ3n) is 2.17. The molecule has 18 heavy (non-hydrogen) atoms. The number of hydrogen-bond acceptors (Lipinski definition) is 1. The van der Waals surface area contributed by atoms with Crippen LogP contribution < -0.4 is 0 Å². The van der Waals surface area contributed by atoms with Crippen molar-refractivity contribution in [3.63, 3.8) is 0 Å². The largest absolute Gasteiger partial charge is 0.332 e. The molecule has 0 aliphatic rings. The summed E-state index contributed by atoms with van der Waals surface area (Å²) >= 11 is 10.5. The Bertz CT molecular complexity index is 185. The summed E-state index contributed by atoms with van der Waals surface area (Å²) in [5, 5.41) is 0.122. The lowest BCUT2D eigenvalue weighted by Crippen LogP contribution is -2.41. The first-order valence-corrected chi connectivity index (χ1v) is 7.57. The molecule has 0 saturated heterocycles. The van der Waals surface area contributed by atoms with E-state index >= 15 is 0 Å². The Morgan fingerprint density at radius 1 is 1.33 bits per heavy atom. The Balaban J connectivity index is 0. The van der Waals surface area contributed by atoms with E-state index in [9.17, 15) is 0 Å². The molecule has 0 aliphatic heterocycles. The number of quaternary nitrogens is 1. The minimum atomic E-state index is 0.122. The summed E-state index contributed by atoms with van der Waals surface area (Å²) < 4.78 is 6.45. The molecule has 0 aromatic rings. The van der Waals surface area contributed by atoms with E-state index in [1.165, 1.54) is 19.3 Å². The Labute approximate surface area is 123 Å². The number of alkyl halides is 2. The van der Waals surface area contributed by atoms with Gasteiger partial charge in [0.15, 0.2) is 6.73 Å². The van der Waals surface area contributed by atoms with Crippen LogP contribution in [0.4, 0.5) is 0 Å². The second kappa shape index (κ2) is 13.7. The molecule has 0 fully saturated rings. The molecule has 0 bridgehead atoms. The Kier molecular flexibility index (Phi) is 15.6. The molecule has 0 aromatic heterocycles. The lowest BCUT2D eigenvalue weighted by atomic mass is 10.3. The first-order chi connectivity index (χ1) is 8.39. The molecule has 2 nitrogen and oxygen atoms in total. The summed E-state index contributed by atoms with van der Waals surface area (Å²) in [5.41, 5.74) is 0. The van der Waals surface area contributed by atoms with Crippen LogP contribution in [0.3, 0.4) is 0 Å². The van der Waals surface area contributed by atoms with Gasteiger partial charge < -0.3 is 9.22 Å². The molecule has 0 aliphatic carbocycles. The van der Waals surface area contributed by atoms with Crippen LogP contribution in [0.1, 0.15) is 33.1 Å². The molecule has 0 spiro atoms. The summed E-state index contributed by atoms with van der Waals surface area (Å²) in [5.74, 6) is 0.543. The quantitative estimate of drug-likeness (QED) is 0.203. The van der Waals surface area contributed by atoms with Crippen molar-refractivity contribution in [1.82, 2.24) is 0 Å². The van der Waals surface area contributed by atoms with Crippen LogP contribution in [0.15, 0.2) is 12.7 Å². The molecule has 0 amide bonds. The number of halogens is 2. The number of hydrogen-bond donors (Lipinski definition) is 0. The second-order valence-corrected chi connectivity index (χ2v) is 6.14. The molecule has 0 N–H and O–H groups in total. The predicted octanol–water partition coefficient (Wildman–Crippen LogP) is 4.27. The number of nitrogens with zero attached hydrogens (tertiary/aromatic N) is 1. The molecule has 110 valence electrons. The van der Waals surface area contributed by atoms with Crippen LogP contribution in [-0.2, 0) is 4.74 Å².